The Morgan fingerprint density at radius 2 is 1.90 bits per heavy atom. The summed E-state index contributed by atoms with van der Waals surface area (Å²) in [4.78, 5) is 20.7. The molecule has 0 bridgehead atoms. The SMILES string of the molecule is COC(=O)/C=C/c1sc(-c2ccc(N3CCCCC3)cc2)cc1-c1ccccn1. The zero-order valence-corrected chi connectivity index (χ0v) is 17.3. The molecule has 3 aromatic rings. The maximum Gasteiger partial charge on any atom is 0.330 e. The van der Waals surface area contributed by atoms with Gasteiger partial charge >= 0.3 is 5.97 Å². The second-order valence-corrected chi connectivity index (χ2v) is 8.14. The summed E-state index contributed by atoms with van der Waals surface area (Å²) < 4.78 is 4.74. The Balaban J connectivity index is 1.66. The van der Waals surface area contributed by atoms with Gasteiger partial charge in [0.15, 0.2) is 0 Å². The Morgan fingerprint density at radius 3 is 2.59 bits per heavy atom. The highest BCUT2D eigenvalue weighted by molar-refractivity contribution is 7.16. The van der Waals surface area contributed by atoms with Crippen molar-refractivity contribution >= 4 is 29.1 Å². The van der Waals surface area contributed by atoms with Crippen molar-refractivity contribution in [2.45, 2.75) is 19.3 Å². The molecule has 4 nitrogen and oxygen atoms in total. The highest BCUT2D eigenvalue weighted by Gasteiger charge is 2.14. The van der Waals surface area contributed by atoms with Gasteiger partial charge in [0, 0.05) is 46.4 Å². The highest BCUT2D eigenvalue weighted by atomic mass is 32.1. The zero-order chi connectivity index (χ0) is 20.1. The fourth-order valence-corrected chi connectivity index (χ4v) is 4.67. The minimum Gasteiger partial charge on any atom is -0.466 e. The first-order valence-electron chi connectivity index (χ1n) is 9.91. The highest BCUT2D eigenvalue weighted by Crippen LogP contribution is 2.38. The van der Waals surface area contributed by atoms with Gasteiger partial charge in [0.2, 0.25) is 0 Å². The molecule has 3 heterocycles. The molecular weight excluding hydrogens is 380 g/mol. The first kappa shape index (κ1) is 19.4. The van der Waals surface area contributed by atoms with Crippen molar-refractivity contribution in [3.63, 3.8) is 0 Å². The van der Waals surface area contributed by atoms with Gasteiger partial charge in [0.05, 0.1) is 12.8 Å². The van der Waals surface area contributed by atoms with E-state index in [1.54, 1.807) is 17.5 Å². The van der Waals surface area contributed by atoms with E-state index in [2.05, 4.69) is 40.2 Å². The molecule has 1 aromatic carbocycles. The van der Waals surface area contributed by atoms with Crippen molar-refractivity contribution in [3.8, 4) is 21.7 Å². The van der Waals surface area contributed by atoms with E-state index >= 15 is 0 Å². The van der Waals surface area contributed by atoms with Gasteiger partial charge in [-0.25, -0.2) is 4.79 Å². The number of benzene rings is 1. The Hall–Kier alpha value is -2.92. The standard InChI is InChI=1S/C24H24N2O2S/c1-28-24(27)13-12-22-20(21-7-3-4-14-25-21)17-23(29-22)18-8-10-19(11-9-18)26-15-5-2-6-16-26/h3-4,7-14,17H,2,5-6,15-16H2,1H3/b13-12+. The number of esters is 1. The molecule has 0 aliphatic carbocycles. The summed E-state index contributed by atoms with van der Waals surface area (Å²) in [6, 6.07) is 16.8. The van der Waals surface area contributed by atoms with Gasteiger partial charge in [-0.05, 0) is 61.2 Å². The second kappa shape index (κ2) is 9.05. The maximum absolute atomic E-state index is 11.6. The minimum atomic E-state index is -0.363. The summed E-state index contributed by atoms with van der Waals surface area (Å²) in [5.74, 6) is -0.363. The van der Waals surface area contributed by atoms with E-state index in [0.29, 0.717) is 0 Å². The Labute approximate surface area is 175 Å². The molecule has 0 spiro atoms. The molecule has 0 saturated carbocycles. The molecule has 1 aliphatic rings. The molecule has 1 saturated heterocycles. The summed E-state index contributed by atoms with van der Waals surface area (Å²) in [6.45, 7) is 2.29. The number of anilines is 1. The molecule has 0 atom stereocenters. The van der Waals surface area contributed by atoms with E-state index in [9.17, 15) is 4.79 Å². The van der Waals surface area contributed by atoms with Crippen LogP contribution >= 0.6 is 11.3 Å². The monoisotopic (exact) mass is 404 g/mol. The van der Waals surface area contributed by atoms with Crippen molar-refractivity contribution < 1.29 is 9.53 Å². The third-order valence-electron chi connectivity index (χ3n) is 5.15. The summed E-state index contributed by atoms with van der Waals surface area (Å²) >= 11 is 1.65. The third-order valence-corrected chi connectivity index (χ3v) is 6.30. The van der Waals surface area contributed by atoms with Crippen LogP contribution in [0.4, 0.5) is 5.69 Å². The smallest absolute Gasteiger partial charge is 0.330 e. The normalized spacial score (nSPS) is 14.3. The average molecular weight is 405 g/mol. The van der Waals surface area contributed by atoms with Gasteiger partial charge in [-0.15, -0.1) is 11.3 Å². The first-order chi connectivity index (χ1) is 14.2. The third kappa shape index (κ3) is 4.57. The van der Waals surface area contributed by atoms with E-state index in [4.69, 9.17) is 4.74 Å². The number of aromatic nitrogens is 1. The molecule has 0 unspecified atom stereocenters. The molecule has 4 rings (SSSR count). The summed E-state index contributed by atoms with van der Waals surface area (Å²) in [6.07, 6.45) is 8.94. The van der Waals surface area contributed by atoms with Crippen molar-refractivity contribution in [2.24, 2.45) is 0 Å². The molecule has 0 radical (unpaired) electrons. The summed E-state index contributed by atoms with van der Waals surface area (Å²) in [5.41, 5.74) is 4.38. The molecule has 2 aromatic heterocycles. The van der Waals surface area contributed by atoms with Crippen molar-refractivity contribution in [2.75, 3.05) is 25.1 Å². The molecule has 5 heteroatoms. The topological polar surface area (TPSA) is 42.4 Å². The maximum atomic E-state index is 11.6. The number of ether oxygens (including phenoxy) is 1. The number of rotatable bonds is 5. The summed E-state index contributed by atoms with van der Waals surface area (Å²) in [5, 5.41) is 0. The minimum absolute atomic E-state index is 0.363. The number of carbonyl (C=O) groups excluding carboxylic acids is 1. The number of hydrogen-bond donors (Lipinski definition) is 0. The van der Waals surface area contributed by atoms with Crippen LogP contribution in [-0.2, 0) is 9.53 Å². The van der Waals surface area contributed by atoms with Gasteiger partial charge < -0.3 is 9.64 Å². The van der Waals surface area contributed by atoms with E-state index < -0.39 is 0 Å². The van der Waals surface area contributed by atoms with Crippen LogP contribution in [0.2, 0.25) is 0 Å². The molecule has 148 valence electrons. The van der Waals surface area contributed by atoms with Crippen LogP contribution in [0, 0.1) is 0 Å². The number of hydrogen-bond acceptors (Lipinski definition) is 5. The Morgan fingerprint density at radius 1 is 1.10 bits per heavy atom. The van der Waals surface area contributed by atoms with Crippen molar-refractivity contribution in [1.82, 2.24) is 4.98 Å². The van der Waals surface area contributed by atoms with Crippen LogP contribution < -0.4 is 4.90 Å². The van der Waals surface area contributed by atoms with Gasteiger partial charge in [-0.3, -0.25) is 4.98 Å². The largest absolute Gasteiger partial charge is 0.466 e. The zero-order valence-electron chi connectivity index (χ0n) is 16.5. The lowest BCUT2D eigenvalue weighted by Gasteiger charge is -2.28. The predicted octanol–water partition coefficient (Wildman–Crippen LogP) is 5.65. The van der Waals surface area contributed by atoms with Crippen LogP contribution in [-0.4, -0.2) is 31.2 Å². The van der Waals surface area contributed by atoms with Crippen LogP contribution in [0.1, 0.15) is 24.1 Å². The number of nitrogens with zero attached hydrogens (tertiary/aromatic N) is 2. The Bertz CT molecular complexity index is 987. The predicted molar refractivity (Wildman–Crippen MR) is 120 cm³/mol. The van der Waals surface area contributed by atoms with Crippen LogP contribution in [0.25, 0.3) is 27.8 Å². The van der Waals surface area contributed by atoms with Crippen LogP contribution in [0.5, 0.6) is 0 Å². The average Bonchev–Trinajstić information content (AvgIpc) is 3.23. The van der Waals surface area contributed by atoms with Gasteiger partial charge in [-0.2, -0.15) is 0 Å². The number of methoxy groups -OCH3 is 1. The molecule has 1 fully saturated rings. The number of pyridine rings is 1. The van der Waals surface area contributed by atoms with E-state index in [1.807, 2.05) is 24.3 Å². The lowest BCUT2D eigenvalue weighted by Crippen LogP contribution is -2.29. The number of piperidine rings is 1. The molecule has 0 N–H and O–H groups in total. The summed E-state index contributed by atoms with van der Waals surface area (Å²) in [7, 11) is 1.39. The quantitative estimate of drug-likeness (QED) is 0.407. The lowest BCUT2D eigenvalue weighted by atomic mass is 10.1. The fraction of sp³-hybridized carbons (Fsp3) is 0.250. The van der Waals surface area contributed by atoms with Gasteiger partial charge in [0.25, 0.3) is 0 Å². The van der Waals surface area contributed by atoms with Crippen LogP contribution in [0.3, 0.4) is 0 Å². The first-order valence-corrected chi connectivity index (χ1v) is 10.7. The van der Waals surface area contributed by atoms with Gasteiger partial charge in [0.1, 0.15) is 0 Å². The Kier molecular flexibility index (Phi) is 6.06. The van der Waals surface area contributed by atoms with E-state index in [1.165, 1.54) is 43.7 Å². The van der Waals surface area contributed by atoms with Crippen LogP contribution in [0.15, 0.2) is 60.8 Å². The van der Waals surface area contributed by atoms with Gasteiger partial charge in [-0.1, -0.05) is 18.2 Å². The van der Waals surface area contributed by atoms with Crippen molar-refractivity contribution in [1.29, 1.82) is 0 Å². The molecule has 29 heavy (non-hydrogen) atoms. The fourth-order valence-electron chi connectivity index (χ4n) is 3.59. The molecule has 1 aliphatic heterocycles. The van der Waals surface area contributed by atoms with E-state index in [0.717, 1.165) is 34.1 Å². The van der Waals surface area contributed by atoms with E-state index in [-0.39, 0.29) is 5.97 Å². The number of thiophene rings is 1. The molecular formula is C24H24N2O2S. The second-order valence-electron chi connectivity index (χ2n) is 7.05. The lowest BCUT2D eigenvalue weighted by molar-refractivity contribution is -0.134. The van der Waals surface area contributed by atoms with Crippen molar-refractivity contribution in [3.05, 3.63) is 65.7 Å². The molecule has 0 amide bonds. The number of carbonyl (C=O) groups is 1.